The average Bonchev–Trinajstić information content (AvgIpc) is 3.73. The Morgan fingerprint density at radius 2 is 1.43 bits per heavy atom. The molecule has 0 unspecified atom stereocenters. The fraction of sp³-hybridized carbons (Fsp3) is 0.449. The van der Waals surface area contributed by atoms with E-state index in [1.807, 2.05) is 12.1 Å². The molecule has 7 N–H and O–H groups in total. The molecule has 5 amide bonds. The number of piperazine rings is 1. The third kappa shape index (κ3) is 15.5. The highest BCUT2D eigenvalue weighted by Gasteiger charge is 2.36. The van der Waals surface area contributed by atoms with Gasteiger partial charge < -0.3 is 40.7 Å². The lowest BCUT2D eigenvalue weighted by Gasteiger charge is -2.34. The Labute approximate surface area is 400 Å². The van der Waals surface area contributed by atoms with E-state index >= 15 is 8.78 Å². The number of aromatic nitrogens is 3. The molecule has 0 saturated carbocycles. The third-order valence-electron chi connectivity index (χ3n) is 11.4. The van der Waals surface area contributed by atoms with Gasteiger partial charge in [0.2, 0.25) is 11.8 Å². The summed E-state index contributed by atoms with van der Waals surface area (Å²) < 4.78 is 36.8. The van der Waals surface area contributed by atoms with Gasteiger partial charge in [0.25, 0.3) is 5.91 Å². The van der Waals surface area contributed by atoms with Gasteiger partial charge in [-0.3, -0.25) is 24.5 Å². The molecule has 4 aromatic rings. The number of benzene rings is 2. The number of aliphatic hydroxyl groups is 1. The molecular formula is C49H62F2N10O8. The number of pyridine rings is 1. The predicted molar refractivity (Wildman–Crippen MR) is 253 cm³/mol. The summed E-state index contributed by atoms with van der Waals surface area (Å²) in [5.41, 5.74) is 5.77. The van der Waals surface area contributed by atoms with Gasteiger partial charge in [0, 0.05) is 87.8 Å². The van der Waals surface area contributed by atoms with Crippen molar-refractivity contribution in [3.63, 3.8) is 0 Å². The number of amides is 5. The lowest BCUT2D eigenvalue weighted by molar-refractivity contribution is -0.129. The topological polar surface area (TPSA) is 232 Å². The molecule has 69 heavy (non-hydrogen) atoms. The zero-order valence-electron chi connectivity index (χ0n) is 40.2. The summed E-state index contributed by atoms with van der Waals surface area (Å²) in [5.74, 6) is 4.03. The number of carbonyl (C=O) groups excluding carboxylic acids is 4. The fourth-order valence-electron chi connectivity index (χ4n) is 7.46. The standard InChI is InChI=1S/C49H62F2N10O8/c1-30(62)60-20-22-61(23-21-60)41-16-15-33(28-52-41)14-11-31-9-12-32(13-10-31)25-39(40(63)29-53-57-45(65)43(49(5,6)7)55-46(66)67)54-44(64)42(48(2,3)4)56-47(68)69-24-18-35-36(50)26-34(27-37(35)51)38-17-19-59(8)58-38/h9-10,12-13,15-17,19,26-28,39-40,42-43,53,55,63H,18,20-25,29H2,1-8H3,(H,54,64)(H,56,68)(H,57,65)(H,66,67)/t39-,40-,42+,43+/m0/s1. The fourth-order valence-corrected chi connectivity index (χ4v) is 7.46. The summed E-state index contributed by atoms with van der Waals surface area (Å²) in [4.78, 5) is 71.8. The van der Waals surface area contributed by atoms with Gasteiger partial charge in [0.1, 0.15) is 29.5 Å². The summed E-state index contributed by atoms with van der Waals surface area (Å²) in [6.07, 6.45) is -0.654. The molecule has 370 valence electrons. The summed E-state index contributed by atoms with van der Waals surface area (Å²) in [5, 5.41) is 32.6. The first-order valence-corrected chi connectivity index (χ1v) is 22.5. The Morgan fingerprint density at radius 1 is 0.826 bits per heavy atom. The van der Waals surface area contributed by atoms with Crippen LogP contribution in [0.25, 0.3) is 11.3 Å². The third-order valence-corrected chi connectivity index (χ3v) is 11.4. The van der Waals surface area contributed by atoms with Crippen molar-refractivity contribution in [2.45, 2.75) is 85.5 Å². The van der Waals surface area contributed by atoms with Crippen LogP contribution >= 0.6 is 0 Å². The van der Waals surface area contributed by atoms with Gasteiger partial charge in [-0.2, -0.15) is 5.10 Å². The predicted octanol–water partition coefficient (Wildman–Crippen LogP) is 3.90. The highest BCUT2D eigenvalue weighted by molar-refractivity contribution is 5.87. The number of carboxylic acid groups (broad SMARTS) is 1. The number of hydrogen-bond acceptors (Lipinski definition) is 11. The number of hydrogen-bond donors (Lipinski definition) is 7. The molecular weight excluding hydrogens is 895 g/mol. The molecule has 0 radical (unpaired) electrons. The van der Waals surface area contributed by atoms with Crippen LogP contribution in [0.5, 0.6) is 0 Å². The Morgan fingerprint density at radius 3 is 1.99 bits per heavy atom. The van der Waals surface area contributed by atoms with Gasteiger partial charge in [0.15, 0.2) is 0 Å². The van der Waals surface area contributed by atoms with Crippen LogP contribution in [-0.2, 0) is 39.0 Å². The van der Waals surface area contributed by atoms with Crippen LogP contribution in [0.4, 0.5) is 24.2 Å². The largest absolute Gasteiger partial charge is 0.465 e. The van der Waals surface area contributed by atoms with Crippen molar-refractivity contribution in [3.05, 3.63) is 101 Å². The molecule has 4 atom stereocenters. The van der Waals surface area contributed by atoms with E-state index in [1.165, 1.54) is 4.68 Å². The Hall–Kier alpha value is -7.11. The van der Waals surface area contributed by atoms with E-state index in [4.69, 9.17) is 4.74 Å². The molecule has 1 fully saturated rings. The van der Waals surface area contributed by atoms with Crippen LogP contribution in [0.2, 0.25) is 0 Å². The Balaban J connectivity index is 1.25. The molecule has 1 aliphatic heterocycles. The number of nitrogens with one attached hydrogen (secondary N) is 5. The average molecular weight is 957 g/mol. The van der Waals surface area contributed by atoms with Crippen molar-refractivity contribution in [2.75, 3.05) is 44.2 Å². The molecule has 1 saturated heterocycles. The van der Waals surface area contributed by atoms with Crippen LogP contribution < -0.4 is 31.7 Å². The minimum atomic E-state index is -1.39. The van der Waals surface area contributed by atoms with Crippen molar-refractivity contribution >= 4 is 35.7 Å². The van der Waals surface area contributed by atoms with Crippen LogP contribution in [0, 0.1) is 34.3 Å². The second-order valence-corrected chi connectivity index (χ2v) is 19.0. The van der Waals surface area contributed by atoms with Gasteiger partial charge in [-0.1, -0.05) is 65.5 Å². The zero-order valence-corrected chi connectivity index (χ0v) is 40.2. The monoisotopic (exact) mass is 956 g/mol. The SMILES string of the molecule is CC(=O)N1CCN(c2ccc(C#Cc3ccc(C[C@H](NC(=O)[C@@H](NC(=O)OCCc4c(F)cc(-c5ccn(C)n5)cc4F)C(C)(C)C)[C@@H](O)CNNC(=O)[C@@H](NC(=O)O)C(C)(C)C)cc3)cn2)CC1. The first-order valence-electron chi connectivity index (χ1n) is 22.5. The van der Waals surface area contributed by atoms with E-state index < -0.39 is 77.3 Å². The molecule has 0 spiro atoms. The highest BCUT2D eigenvalue weighted by Crippen LogP contribution is 2.25. The molecule has 2 aromatic carbocycles. The van der Waals surface area contributed by atoms with E-state index in [0.29, 0.717) is 48.6 Å². The van der Waals surface area contributed by atoms with Crippen molar-refractivity contribution in [2.24, 2.45) is 17.9 Å². The first-order chi connectivity index (χ1) is 32.5. The van der Waals surface area contributed by atoms with Crippen LogP contribution in [0.3, 0.4) is 0 Å². The number of anilines is 1. The molecule has 20 heteroatoms. The zero-order chi connectivity index (χ0) is 50.6. The minimum absolute atomic E-state index is 0.0547. The lowest BCUT2D eigenvalue weighted by Crippen LogP contribution is -2.60. The number of hydrazine groups is 1. The van der Waals surface area contributed by atoms with Gasteiger partial charge >= 0.3 is 12.2 Å². The van der Waals surface area contributed by atoms with Crippen molar-refractivity contribution in [1.82, 2.24) is 46.5 Å². The van der Waals surface area contributed by atoms with Gasteiger partial charge in [0.05, 0.1) is 24.4 Å². The van der Waals surface area contributed by atoms with Gasteiger partial charge in [-0.05, 0) is 65.3 Å². The van der Waals surface area contributed by atoms with Gasteiger partial charge in [-0.15, -0.1) is 0 Å². The summed E-state index contributed by atoms with van der Waals surface area (Å²) in [6, 6.07) is 11.4. The van der Waals surface area contributed by atoms with E-state index in [1.54, 1.807) is 103 Å². The Bertz CT molecular complexity index is 2480. The maximum atomic E-state index is 15.0. The molecule has 5 rings (SSSR count). The lowest BCUT2D eigenvalue weighted by atomic mass is 9.85. The second kappa shape index (κ2) is 23.3. The molecule has 1 aliphatic rings. The number of nitrogens with zero attached hydrogens (tertiary/aromatic N) is 5. The number of halogens is 2. The van der Waals surface area contributed by atoms with E-state index in [0.717, 1.165) is 18.0 Å². The van der Waals surface area contributed by atoms with Gasteiger partial charge in [-0.25, -0.2) is 28.8 Å². The molecule has 0 aliphatic carbocycles. The molecule has 3 heterocycles. The Kier molecular flexibility index (Phi) is 17.8. The van der Waals surface area contributed by atoms with E-state index in [-0.39, 0.29) is 36.4 Å². The molecule has 2 aromatic heterocycles. The number of aliphatic hydroxyl groups excluding tert-OH is 1. The smallest absolute Gasteiger partial charge is 0.407 e. The molecule has 18 nitrogen and oxygen atoms in total. The minimum Gasteiger partial charge on any atom is -0.465 e. The maximum absolute atomic E-state index is 15.0. The van der Waals surface area contributed by atoms with Crippen molar-refractivity contribution in [1.29, 1.82) is 0 Å². The van der Waals surface area contributed by atoms with E-state index in [9.17, 15) is 34.2 Å². The summed E-state index contributed by atoms with van der Waals surface area (Å²) >= 11 is 0. The molecule has 0 bridgehead atoms. The number of ether oxygens (including phenoxy) is 1. The van der Waals surface area contributed by atoms with Crippen LogP contribution in [0.15, 0.2) is 67.0 Å². The van der Waals surface area contributed by atoms with Crippen molar-refractivity contribution in [3.8, 4) is 23.1 Å². The quantitative estimate of drug-likeness (QED) is 0.0627. The number of carbonyl (C=O) groups is 5. The normalized spacial score (nSPS) is 14.6. The van der Waals surface area contributed by atoms with Crippen molar-refractivity contribution < 1.29 is 47.7 Å². The summed E-state index contributed by atoms with van der Waals surface area (Å²) in [7, 11) is 1.68. The maximum Gasteiger partial charge on any atom is 0.407 e. The first kappa shape index (κ1) is 52.9. The van der Waals surface area contributed by atoms with Crippen LogP contribution in [0.1, 0.15) is 70.7 Å². The number of aryl methyl sites for hydroxylation is 1. The second-order valence-electron chi connectivity index (χ2n) is 19.0. The van der Waals surface area contributed by atoms with Crippen LogP contribution in [-0.4, -0.2) is 123 Å². The number of alkyl carbamates (subject to hydrolysis) is 1. The summed E-state index contributed by atoms with van der Waals surface area (Å²) in [6.45, 7) is 13.6. The number of rotatable bonds is 16. The van der Waals surface area contributed by atoms with E-state index in [2.05, 4.69) is 53.6 Å². The highest BCUT2D eigenvalue weighted by atomic mass is 19.1.